The largest absolute Gasteiger partial charge is 0.391 e. The van der Waals surface area contributed by atoms with Crippen LogP contribution in [-0.2, 0) is 0 Å². The van der Waals surface area contributed by atoms with Gasteiger partial charge in [0.15, 0.2) is 5.16 Å². The number of rotatable bonds is 7. The molecule has 2 rings (SSSR count). The van der Waals surface area contributed by atoms with Crippen LogP contribution in [0.4, 0.5) is 0 Å². The zero-order chi connectivity index (χ0) is 12.3. The van der Waals surface area contributed by atoms with E-state index in [-0.39, 0.29) is 5.69 Å². The molecule has 1 aromatic rings. The molecule has 0 saturated heterocycles. The van der Waals surface area contributed by atoms with Gasteiger partial charge in [-0.15, -0.1) is 5.10 Å². The van der Waals surface area contributed by atoms with Gasteiger partial charge < -0.3 is 10.4 Å². The van der Waals surface area contributed by atoms with Crippen LogP contribution in [0.2, 0.25) is 0 Å². The molecular weight excluding hydrogens is 240 g/mol. The Morgan fingerprint density at radius 2 is 2.47 bits per heavy atom. The van der Waals surface area contributed by atoms with Crippen LogP contribution in [0.15, 0.2) is 9.95 Å². The normalized spacial score (nSPS) is 17.3. The fourth-order valence-electron chi connectivity index (χ4n) is 1.59. The second-order valence-corrected chi connectivity index (χ2v) is 5.17. The number of nitrogens with one attached hydrogen (secondary N) is 2. The van der Waals surface area contributed by atoms with Crippen LogP contribution in [0.25, 0.3) is 0 Å². The van der Waals surface area contributed by atoms with E-state index in [1.807, 2.05) is 6.92 Å². The maximum atomic E-state index is 11.5. The Labute approximate surface area is 104 Å². The van der Waals surface area contributed by atoms with Crippen LogP contribution in [0, 0.1) is 0 Å². The smallest absolute Gasteiger partial charge is 0.344 e. The molecule has 0 radical (unpaired) electrons. The van der Waals surface area contributed by atoms with E-state index >= 15 is 0 Å². The number of nitrogens with zero attached hydrogens (tertiary/aromatic N) is 2. The summed E-state index contributed by atoms with van der Waals surface area (Å²) in [5, 5.41) is 19.9. The van der Waals surface area contributed by atoms with Crippen LogP contribution in [-0.4, -0.2) is 44.8 Å². The van der Waals surface area contributed by atoms with Crippen molar-refractivity contribution in [3.63, 3.8) is 0 Å². The SMILES string of the molecule is CCNCC(O)CSc1n[nH]c(=O)n1C1CC1. The Morgan fingerprint density at radius 1 is 1.71 bits per heavy atom. The van der Waals surface area contributed by atoms with Crippen molar-refractivity contribution in [2.75, 3.05) is 18.8 Å². The first kappa shape index (κ1) is 12.7. The molecule has 7 heteroatoms. The van der Waals surface area contributed by atoms with Crippen LogP contribution in [0.1, 0.15) is 25.8 Å². The molecule has 0 amide bonds. The Morgan fingerprint density at radius 3 is 3.12 bits per heavy atom. The van der Waals surface area contributed by atoms with Crippen molar-refractivity contribution in [2.24, 2.45) is 0 Å². The van der Waals surface area contributed by atoms with Crippen molar-refractivity contribution < 1.29 is 5.11 Å². The highest BCUT2D eigenvalue weighted by Gasteiger charge is 2.28. The van der Waals surface area contributed by atoms with E-state index < -0.39 is 6.10 Å². The fourth-order valence-corrected chi connectivity index (χ4v) is 2.53. The van der Waals surface area contributed by atoms with Crippen molar-refractivity contribution in [3.8, 4) is 0 Å². The molecular formula is C10H18N4O2S. The highest BCUT2D eigenvalue weighted by Crippen LogP contribution is 2.36. The summed E-state index contributed by atoms with van der Waals surface area (Å²) in [4.78, 5) is 11.5. The molecule has 1 atom stereocenters. The number of aromatic nitrogens is 3. The zero-order valence-corrected chi connectivity index (χ0v) is 10.7. The lowest BCUT2D eigenvalue weighted by atomic mass is 10.4. The molecule has 96 valence electrons. The lowest BCUT2D eigenvalue weighted by molar-refractivity contribution is 0.196. The average Bonchev–Trinajstić information content (AvgIpc) is 3.08. The number of H-pyrrole nitrogens is 1. The molecule has 1 unspecified atom stereocenters. The van der Waals surface area contributed by atoms with Gasteiger partial charge in [-0.25, -0.2) is 9.89 Å². The molecule has 6 nitrogen and oxygen atoms in total. The van der Waals surface area contributed by atoms with Crippen LogP contribution < -0.4 is 11.0 Å². The van der Waals surface area contributed by atoms with Gasteiger partial charge in [0.1, 0.15) is 0 Å². The van der Waals surface area contributed by atoms with Gasteiger partial charge >= 0.3 is 5.69 Å². The first-order valence-corrected chi connectivity index (χ1v) is 6.89. The van der Waals surface area contributed by atoms with Crippen molar-refractivity contribution in [1.82, 2.24) is 20.1 Å². The summed E-state index contributed by atoms with van der Waals surface area (Å²) in [5.74, 6) is 0.546. The summed E-state index contributed by atoms with van der Waals surface area (Å²) in [5.41, 5.74) is -0.142. The Balaban J connectivity index is 1.88. The van der Waals surface area contributed by atoms with Crippen molar-refractivity contribution in [2.45, 2.75) is 37.1 Å². The first-order chi connectivity index (χ1) is 8.22. The van der Waals surface area contributed by atoms with E-state index in [0.29, 0.717) is 23.5 Å². The number of aromatic amines is 1. The highest BCUT2D eigenvalue weighted by atomic mass is 32.2. The first-order valence-electron chi connectivity index (χ1n) is 5.90. The summed E-state index contributed by atoms with van der Waals surface area (Å²) in [7, 11) is 0. The lowest BCUT2D eigenvalue weighted by Gasteiger charge is -2.10. The van der Waals surface area contributed by atoms with E-state index in [1.165, 1.54) is 11.8 Å². The monoisotopic (exact) mass is 258 g/mol. The van der Waals surface area contributed by atoms with Gasteiger partial charge in [-0.3, -0.25) is 4.57 Å². The quantitative estimate of drug-likeness (QED) is 0.598. The molecule has 0 bridgehead atoms. The molecule has 1 aromatic heterocycles. The van der Waals surface area contributed by atoms with Gasteiger partial charge in [-0.1, -0.05) is 18.7 Å². The number of hydrogen-bond donors (Lipinski definition) is 3. The number of aliphatic hydroxyl groups excluding tert-OH is 1. The molecule has 0 aliphatic heterocycles. The fraction of sp³-hybridized carbons (Fsp3) is 0.800. The minimum Gasteiger partial charge on any atom is -0.391 e. The minimum atomic E-state index is -0.417. The van der Waals surface area contributed by atoms with Crippen molar-refractivity contribution in [1.29, 1.82) is 0 Å². The molecule has 1 saturated carbocycles. The lowest BCUT2D eigenvalue weighted by Crippen LogP contribution is -2.28. The maximum Gasteiger partial charge on any atom is 0.344 e. The molecule has 3 N–H and O–H groups in total. The third-order valence-electron chi connectivity index (χ3n) is 2.62. The summed E-state index contributed by atoms with van der Waals surface area (Å²) >= 11 is 1.43. The van der Waals surface area contributed by atoms with Crippen LogP contribution in [0.3, 0.4) is 0 Å². The zero-order valence-electron chi connectivity index (χ0n) is 9.85. The minimum absolute atomic E-state index is 0.142. The van der Waals surface area contributed by atoms with E-state index in [2.05, 4.69) is 15.5 Å². The van der Waals surface area contributed by atoms with Gasteiger partial charge in [0.25, 0.3) is 0 Å². The van der Waals surface area contributed by atoms with Gasteiger partial charge in [-0.05, 0) is 19.4 Å². The molecule has 1 aliphatic rings. The van der Waals surface area contributed by atoms with Gasteiger partial charge in [-0.2, -0.15) is 0 Å². The molecule has 1 heterocycles. The van der Waals surface area contributed by atoms with E-state index in [9.17, 15) is 9.90 Å². The number of hydrogen-bond acceptors (Lipinski definition) is 5. The predicted octanol–water partition coefficient (Wildman–Crippen LogP) is -0.0312. The van der Waals surface area contributed by atoms with Crippen LogP contribution >= 0.6 is 11.8 Å². The summed E-state index contributed by atoms with van der Waals surface area (Å²) in [6.45, 7) is 3.41. The van der Waals surface area contributed by atoms with E-state index in [0.717, 1.165) is 19.4 Å². The number of thioether (sulfide) groups is 1. The Bertz CT molecular complexity index is 413. The average molecular weight is 258 g/mol. The predicted molar refractivity (Wildman–Crippen MR) is 66.4 cm³/mol. The molecule has 0 aromatic carbocycles. The molecule has 1 fully saturated rings. The summed E-state index contributed by atoms with van der Waals surface area (Å²) < 4.78 is 1.70. The second-order valence-electron chi connectivity index (χ2n) is 4.19. The topological polar surface area (TPSA) is 82.9 Å². The maximum absolute atomic E-state index is 11.5. The second kappa shape index (κ2) is 5.70. The van der Waals surface area contributed by atoms with E-state index in [1.54, 1.807) is 4.57 Å². The van der Waals surface area contributed by atoms with Gasteiger partial charge in [0.2, 0.25) is 0 Å². The molecule has 1 aliphatic carbocycles. The van der Waals surface area contributed by atoms with Gasteiger partial charge in [0.05, 0.1) is 6.10 Å². The number of likely N-dealkylation sites (N-methyl/N-ethyl adjacent to an activating group) is 1. The van der Waals surface area contributed by atoms with Gasteiger partial charge in [0, 0.05) is 18.3 Å². The summed E-state index contributed by atoms with van der Waals surface area (Å²) in [6.07, 6.45) is 1.68. The van der Waals surface area contributed by atoms with Crippen LogP contribution in [0.5, 0.6) is 0 Å². The third kappa shape index (κ3) is 3.34. The number of aliphatic hydroxyl groups is 1. The summed E-state index contributed by atoms with van der Waals surface area (Å²) in [6, 6.07) is 0.314. The Hall–Kier alpha value is -0.790. The molecule has 17 heavy (non-hydrogen) atoms. The Kier molecular flexibility index (Phi) is 4.25. The molecule has 0 spiro atoms. The van der Waals surface area contributed by atoms with E-state index in [4.69, 9.17) is 0 Å². The van der Waals surface area contributed by atoms with Crippen molar-refractivity contribution in [3.05, 3.63) is 10.5 Å². The third-order valence-corrected chi connectivity index (χ3v) is 3.72. The standard InChI is InChI=1S/C10H18N4O2S/c1-2-11-5-8(15)6-17-10-13-12-9(16)14(10)7-3-4-7/h7-8,11,15H,2-6H2,1H3,(H,12,16). The highest BCUT2D eigenvalue weighted by molar-refractivity contribution is 7.99. The van der Waals surface area contributed by atoms with Crippen molar-refractivity contribution >= 4 is 11.8 Å².